The minimum atomic E-state index is -6.80. The van der Waals surface area contributed by atoms with Gasteiger partial charge in [-0.2, -0.15) is 26.3 Å². The second kappa shape index (κ2) is 9.69. The van der Waals surface area contributed by atoms with Crippen LogP contribution in [0.2, 0.25) is 0 Å². The standard InChI is InChI=1S/C13H17F6NO7S2/c1-4-8(2)26-6-5-20-11(21)27-9(3)7-10(28(22,23)12(14,15)16)29(24,25)13(17,18)19/h4,9-10H,1-2,5-7H2,3H3,(H,20,21). The smallest absolute Gasteiger partial charge is 0.492 e. The molecule has 0 aliphatic carbocycles. The summed E-state index contributed by atoms with van der Waals surface area (Å²) in [5.41, 5.74) is -12.6. The second-order valence-electron chi connectivity index (χ2n) is 5.31. The maximum Gasteiger partial charge on any atom is 0.498 e. The number of alkyl halides is 6. The van der Waals surface area contributed by atoms with Gasteiger partial charge in [0.1, 0.15) is 18.5 Å². The van der Waals surface area contributed by atoms with Gasteiger partial charge in [-0.05, 0) is 13.0 Å². The Kier molecular flexibility index (Phi) is 9.03. The summed E-state index contributed by atoms with van der Waals surface area (Å²) < 4.78 is 127. The molecule has 1 N–H and O–H groups in total. The molecule has 0 aromatic heterocycles. The SMILES string of the molecule is C=CC(=C)OCCNC(=O)OC(C)CC(S(=O)(=O)C(F)(F)F)S(=O)(=O)C(F)(F)F. The van der Waals surface area contributed by atoms with Gasteiger partial charge in [0.15, 0.2) is 4.58 Å². The lowest BCUT2D eigenvalue weighted by Gasteiger charge is -2.23. The van der Waals surface area contributed by atoms with Gasteiger partial charge in [0, 0.05) is 6.42 Å². The summed E-state index contributed by atoms with van der Waals surface area (Å²) in [5.74, 6) is 0.145. The number of hydrogen-bond donors (Lipinski definition) is 1. The van der Waals surface area contributed by atoms with Crippen molar-refractivity contribution in [2.45, 2.75) is 35.0 Å². The third-order valence-electron chi connectivity index (χ3n) is 3.06. The summed E-state index contributed by atoms with van der Waals surface area (Å²) in [6, 6.07) is 0. The summed E-state index contributed by atoms with van der Waals surface area (Å²) in [7, 11) is -13.6. The topological polar surface area (TPSA) is 116 Å². The number of hydrogen-bond acceptors (Lipinski definition) is 7. The van der Waals surface area contributed by atoms with E-state index in [1.165, 1.54) is 6.08 Å². The fourth-order valence-electron chi connectivity index (χ4n) is 1.66. The largest absolute Gasteiger partial charge is 0.498 e. The van der Waals surface area contributed by atoms with Gasteiger partial charge in [-0.1, -0.05) is 13.2 Å². The van der Waals surface area contributed by atoms with Gasteiger partial charge < -0.3 is 14.8 Å². The Labute approximate surface area is 162 Å². The zero-order valence-electron chi connectivity index (χ0n) is 14.7. The first-order chi connectivity index (χ1) is 12.9. The highest BCUT2D eigenvalue weighted by Gasteiger charge is 2.63. The van der Waals surface area contributed by atoms with E-state index in [1.54, 1.807) is 0 Å². The molecule has 16 heteroatoms. The molecule has 1 atom stereocenters. The van der Waals surface area contributed by atoms with Crippen LogP contribution in [0.3, 0.4) is 0 Å². The number of halogens is 6. The van der Waals surface area contributed by atoms with Crippen LogP contribution in [0.25, 0.3) is 0 Å². The summed E-state index contributed by atoms with van der Waals surface area (Å²) in [5, 5.41) is 2.00. The van der Waals surface area contributed by atoms with E-state index in [4.69, 9.17) is 4.74 Å². The molecule has 0 saturated heterocycles. The number of allylic oxidation sites excluding steroid dienone is 1. The maximum absolute atomic E-state index is 12.6. The number of sulfone groups is 2. The molecule has 0 radical (unpaired) electrons. The van der Waals surface area contributed by atoms with Crippen LogP contribution in [-0.4, -0.2) is 57.8 Å². The molecule has 170 valence electrons. The highest BCUT2D eigenvalue weighted by Crippen LogP contribution is 2.38. The van der Waals surface area contributed by atoms with E-state index < -0.39 is 53.9 Å². The Morgan fingerprint density at radius 3 is 1.90 bits per heavy atom. The molecule has 0 aromatic rings. The molecule has 1 unspecified atom stereocenters. The van der Waals surface area contributed by atoms with Gasteiger partial charge in [0.2, 0.25) is 0 Å². The minimum absolute atomic E-state index is 0.145. The normalized spacial score (nSPS) is 14.2. The molecule has 1 amide bonds. The molecule has 0 fully saturated rings. The van der Waals surface area contributed by atoms with E-state index in [0.717, 1.165) is 6.92 Å². The lowest BCUT2D eigenvalue weighted by molar-refractivity contribution is -0.0476. The van der Waals surface area contributed by atoms with Crippen molar-refractivity contribution in [2.75, 3.05) is 13.2 Å². The van der Waals surface area contributed by atoms with Crippen LogP contribution in [0.5, 0.6) is 0 Å². The molecule has 0 heterocycles. The molecule has 0 aliphatic heterocycles. The van der Waals surface area contributed by atoms with Crippen molar-refractivity contribution in [2.24, 2.45) is 0 Å². The van der Waals surface area contributed by atoms with E-state index in [1.807, 2.05) is 5.32 Å². The van der Waals surface area contributed by atoms with Crippen molar-refractivity contribution in [3.05, 3.63) is 25.0 Å². The van der Waals surface area contributed by atoms with Gasteiger partial charge in [-0.25, -0.2) is 21.6 Å². The molecule has 0 bridgehead atoms. The van der Waals surface area contributed by atoms with Crippen LogP contribution >= 0.6 is 0 Å². The summed E-state index contributed by atoms with van der Waals surface area (Å²) >= 11 is 0. The number of ether oxygens (including phenoxy) is 2. The van der Waals surface area contributed by atoms with Crippen LogP contribution in [0.1, 0.15) is 13.3 Å². The van der Waals surface area contributed by atoms with E-state index in [9.17, 15) is 48.0 Å². The lowest BCUT2D eigenvalue weighted by Crippen LogP contribution is -2.46. The molecule has 0 saturated carbocycles. The van der Waals surface area contributed by atoms with Gasteiger partial charge >= 0.3 is 17.1 Å². The van der Waals surface area contributed by atoms with Gasteiger partial charge in [-0.15, -0.1) is 0 Å². The molecule has 29 heavy (non-hydrogen) atoms. The number of alkyl carbamates (subject to hydrolysis) is 1. The highest BCUT2D eigenvalue weighted by molar-refractivity contribution is 8.09. The molecule has 8 nitrogen and oxygen atoms in total. The molecule has 0 spiro atoms. The Hall–Kier alpha value is -1.97. The zero-order chi connectivity index (χ0) is 23.3. The van der Waals surface area contributed by atoms with Gasteiger partial charge in [0.05, 0.1) is 6.54 Å². The Balaban J connectivity index is 5.31. The average molecular weight is 477 g/mol. The third-order valence-corrected chi connectivity index (χ3v) is 7.64. The predicted octanol–water partition coefficient (Wildman–Crippen LogP) is 2.40. The number of nitrogens with one attached hydrogen (secondary N) is 1. The quantitative estimate of drug-likeness (QED) is 0.222. The third kappa shape index (κ3) is 7.41. The first-order valence-electron chi connectivity index (χ1n) is 7.36. The van der Waals surface area contributed by atoms with Crippen LogP contribution in [-0.2, 0) is 29.1 Å². The van der Waals surface area contributed by atoms with Gasteiger partial charge in [0.25, 0.3) is 19.7 Å². The first kappa shape index (κ1) is 27.0. The van der Waals surface area contributed by atoms with Crippen molar-refractivity contribution >= 4 is 25.8 Å². The number of carbonyl (C=O) groups excluding carboxylic acids is 1. The summed E-state index contributed by atoms with van der Waals surface area (Å²) in [6.45, 7) is 7.03. The average Bonchev–Trinajstić information content (AvgIpc) is 2.53. The van der Waals surface area contributed by atoms with Crippen molar-refractivity contribution in [3.8, 4) is 0 Å². The van der Waals surface area contributed by atoms with Crippen molar-refractivity contribution in [3.63, 3.8) is 0 Å². The monoisotopic (exact) mass is 477 g/mol. The fourth-order valence-corrected chi connectivity index (χ4v) is 5.29. The predicted molar refractivity (Wildman–Crippen MR) is 87.6 cm³/mol. The number of rotatable bonds is 10. The Morgan fingerprint density at radius 1 is 1.07 bits per heavy atom. The van der Waals surface area contributed by atoms with E-state index in [0.29, 0.717) is 0 Å². The zero-order valence-corrected chi connectivity index (χ0v) is 16.3. The highest BCUT2D eigenvalue weighted by atomic mass is 32.3. The Morgan fingerprint density at radius 2 is 1.52 bits per heavy atom. The van der Waals surface area contributed by atoms with E-state index in [-0.39, 0.29) is 18.9 Å². The Bertz CT molecular complexity index is 774. The number of amides is 1. The van der Waals surface area contributed by atoms with Crippen molar-refractivity contribution in [1.29, 1.82) is 0 Å². The van der Waals surface area contributed by atoms with E-state index >= 15 is 0 Å². The molecule has 0 aromatic carbocycles. The second-order valence-corrected chi connectivity index (χ2v) is 9.85. The maximum atomic E-state index is 12.6. The van der Waals surface area contributed by atoms with Crippen LogP contribution in [0.15, 0.2) is 25.0 Å². The number of carbonyl (C=O) groups is 1. The summed E-state index contributed by atoms with van der Waals surface area (Å²) in [4.78, 5) is 11.5. The van der Waals surface area contributed by atoms with Crippen molar-refractivity contribution in [1.82, 2.24) is 5.32 Å². The van der Waals surface area contributed by atoms with Crippen LogP contribution < -0.4 is 5.32 Å². The van der Waals surface area contributed by atoms with Crippen LogP contribution in [0, 0.1) is 0 Å². The first-order valence-corrected chi connectivity index (χ1v) is 10.5. The minimum Gasteiger partial charge on any atom is -0.492 e. The fraction of sp³-hybridized carbons (Fsp3) is 0.615. The molecule has 0 rings (SSSR count). The van der Waals surface area contributed by atoms with Crippen molar-refractivity contribution < 1.29 is 57.4 Å². The molecular formula is C13H17F6NO7S2. The molecular weight excluding hydrogens is 460 g/mol. The summed E-state index contributed by atoms with van der Waals surface area (Å²) in [6.07, 6.45) is -3.87. The lowest BCUT2D eigenvalue weighted by atomic mass is 10.3. The van der Waals surface area contributed by atoms with E-state index in [2.05, 4.69) is 17.9 Å². The van der Waals surface area contributed by atoms with Gasteiger partial charge in [-0.3, -0.25) is 0 Å². The molecule has 0 aliphatic rings. The van der Waals surface area contributed by atoms with Crippen LogP contribution in [0.4, 0.5) is 31.1 Å².